The lowest BCUT2D eigenvalue weighted by Gasteiger charge is -2.21. The SMILES string of the molecule is CCOc1cccc(-c2nc(N)c(I)c(C(C)(C)C)n2)c1. The average Bonchev–Trinajstić information content (AvgIpc) is 2.41. The number of benzene rings is 1. The molecule has 0 aliphatic heterocycles. The number of aromatic nitrogens is 2. The van der Waals surface area contributed by atoms with Gasteiger partial charge in [0.25, 0.3) is 0 Å². The molecule has 21 heavy (non-hydrogen) atoms. The Labute approximate surface area is 139 Å². The van der Waals surface area contributed by atoms with E-state index in [1.165, 1.54) is 0 Å². The third-order valence-electron chi connectivity index (χ3n) is 2.99. The number of nitrogen functional groups attached to an aromatic ring is 1. The number of hydrogen-bond acceptors (Lipinski definition) is 4. The van der Waals surface area contributed by atoms with Crippen molar-refractivity contribution in [3.8, 4) is 17.1 Å². The van der Waals surface area contributed by atoms with Gasteiger partial charge in [0, 0.05) is 11.0 Å². The van der Waals surface area contributed by atoms with Crippen LogP contribution in [0.5, 0.6) is 5.75 Å². The van der Waals surface area contributed by atoms with Gasteiger partial charge in [-0.15, -0.1) is 0 Å². The van der Waals surface area contributed by atoms with Crippen LogP contribution in [0.3, 0.4) is 0 Å². The molecule has 5 heteroatoms. The quantitative estimate of drug-likeness (QED) is 0.795. The summed E-state index contributed by atoms with van der Waals surface area (Å²) in [6.45, 7) is 8.96. The zero-order valence-corrected chi connectivity index (χ0v) is 14.9. The summed E-state index contributed by atoms with van der Waals surface area (Å²) in [4.78, 5) is 9.14. The third-order valence-corrected chi connectivity index (χ3v) is 4.05. The summed E-state index contributed by atoms with van der Waals surface area (Å²) in [5, 5.41) is 0. The smallest absolute Gasteiger partial charge is 0.161 e. The van der Waals surface area contributed by atoms with Crippen LogP contribution in [0.1, 0.15) is 33.4 Å². The summed E-state index contributed by atoms with van der Waals surface area (Å²) in [7, 11) is 0. The van der Waals surface area contributed by atoms with Crippen molar-refractivity contribution in [2.24, 2.45) is 0 Å². The Balaban J connectivity index is 2.54. The van der Waals surface area contributed by atoms with Crippen LogP contribution in [0.25, 0.3) is 11.4 Å². The van der Waals surface area contributed by atoms with E-state index >= 15 is 0 Å². The number of halogens is 1. The number of anilines is 1. The second-order valence-electron chi connectivity index (χ2n) is 5.81. The van der Waals surface area contributed by atoms with E-state index in [-0.39, 0.29) is 5.41 Å². The summed E-state index contributed by atoms with van der Waals surface area (Å²) in [5.74, 6) is 1.97. The Morgan fingerprint density at radius 1 is 1.24 bits per heavy atom. The van der Waals surface area contributed by atoms with Gasteiger partial charge in [-0.25, -0.2) is 9.97 Å². The third kappa shape index (κ3) is 3.64. The molecule has 1 heterocycles. The van der Waals surface area contributed by atoms with E-state index in [1.807, 2.05) is 31.2 Å². The van der Waals surface area contributed by atoms with Crippen molar-refractivity contribution < 1.29 is 4.74 Å². The molecule has 2 rings (SSSR count). The van der Waals surface area contributed by atoms with Crippen molar-refractivity contribution >= 4 is 28.4 Å². The zero-order chi connectivity index (χ0) is 15.6. The molecule has 0 amide bonds. The minimum Gasteiger partial charge on any atom is -0.494 e. The van der Waals surface area contributed by atoms with E-state index in [2.05, 4.69) is 48.3 Å². The van der Waals surface area contributed by atoms with E-state index in [0.29, 0.717) is 18.2 Å². The van der Waals surface area contributed by atoms with Gasteiger partial charge >= 0.3 is 0 Å². The van der Waals surface area contributed by atoms with Crippen molar-refractivity contribution in [3.05, 3.63) is 33.5 Å². The number of rotatable bonds is 3. The molecule has 0 spiro atoms. The maximum atomic E-state index is 6.06. The predicted molar refractivity (Wildman–Crippen MR) is 94.5 cm³/mol. The standard InChI is InChI=1S/C16H20IN3O/c1-5-21-11-8-6-7-10(9-11)15-19-13(16(2,3)4)12(17)14(18)20-15/h6-9H,5H2,1-4H3,(H2,18,19,20). The first-order valence-electron chi connectivity index (χ1n) is 6.89. The minimum absolute atomic E-state index is 0.0835. The largest absolute Gasteiger partial charge is 0.494 e. The zero-order valence-electron chi connectivity index (χ0n) is 12.8. The first-order valence-corrected chi connectivity index (χ1v) is 7.97. The predicted octanol–water partition coefficient (Wildman–Crippen LogP) is 4.03. The van der Waals surface area contributed by atoms with Crippen LogP contribution in [0.2, 0.25) is 0 Å². The van der Waals surface area contributed by atoms with Crippen molar-refractivity contribution in [2.45, 2.75) is 33.1 Å². The second kappa shape index (κ2) is 6.17. The minimum atomic E-state index is -0.0835. The summed E-state index contributed by atoms with van der Waals surface area (Å²) in [6.07, 6.45) is 0. The molecule has 0 aliphatic rings. The molecule has 0 aliphatic carbocycles. The molecule has 0 saturated carbocycles. The fraction of sp³-hybridized carbons (Fsp3) is 0.375. The molecular formula is C16H20IN3O. The Morgan fingerprint density at radius 2 is 1.95 bits per heavy atom. The van der Waals surface area contributed by atoms with Crippen LogP contribution >= 0.6 is 22.6 Å². The molecule has 4 nitrogen and oxygen atoms in total. The van der Waals surface area contributed by atoms with Gasteiger partial charge in [-0.2, -0.15) is 0 Å². The van der Waals surface area contributed by atoms with E-state index < -0.39 is 0 Å². The molecule has 0 atom stereocenters. The van der Waals surface area contributed by atoms with Gasteiger partial charge in [-0.1, -0.05) is 32.9 Å². The van der Waals surface area contributed by atoms with Gasteiger partial charge in [0.1, 0.15) is 11.6 Å². The highest BCUT2D eigenvalue weighted by atomic mass is 127. The van der Waals surface area contributed by atoms with E-state index in [0.717, 1.165) is 20.6 Å². The van der Waals surface area contributed by atoms with Crippen LogP contribution in [0, 0.1) is 3.57 Å². The van der Waals surface area contributed by atoms with Gasteiger partial charge in [0.2, 0.25) is 0 Å². The molecule has 0 bridgehead atoms. The maximum Gasteiger partial charge on any atom is 0.161 e. The molecule has 0 saturated heterocycles. The van der Waals surface area contributed by atoms with Crippen LogP contribution < -0.4 is 10.5 Å². The Morgan fingerprint density at radius 3 is 2.57 bits per heavy atom. The lowest BCUT2D eigenvalue weighted by molar-refractivity contribution is 0.340. The normalized spacial score (nSPS) is 11.5. The van der Waals surface area contributed by atoms with Crippen molar-refractivity contribution in [2.75, 3.05) is 12.3 Å². The molecule has 1 aromatic carbocycles. The van der Waals surface area contributed by atoms with Crippen molar-refractivity contribution in [1.29, 1.82) is 0 Å². The molecular weight excluding hydrogens is 377 g/mol. The fourth-order valence-corrected chi connectivity index (χ4v) is 3.03. The fourth-order valence-electron chi connectivity index (χ4n) is 1.98. The van der Waals surface area contributed by atoms with Gasteiger partial charge in [0.15, 0.2) is 5.82 Å². The topological polar surface area (TPSA) is 61.0 Å². The number of hydrogen-bond donors (Lipinski definition) is 1. The van der Waals surface area contributed by atoms with Gasteiger partial charge < -0.3 is 10.5 Å². The summed E-state index contributed by atoms with van der Waals surface area (Å²) >= 11 is 2.21. The molecule has 1 aromatic heterocycles. The number of nitrogens with two attached hydrogens (primary N) is 1. The Kier molecular flexibility index (Phi) is 4.70. The highest BCUT2D eigenvalue weighted by Gasteiger charge is 2.22. The van der Waals surface area contributed by atoms with Crippen molar-refractivity contribution in [3.63, 3.8) is 0 Å². The van der Waals surface area contributed by atoms with Crippen molar-refractivity contribution in [1.82, 2.24) is 9.97 Å². The first-order chi connectivity index (χ1) is 9.82. The van der Waals surface area contributed by atoms with Crippen LogP contribution in [-0.2, 0) is 5.41 Å². The second-order valence-corrected chi connectivity index (χ2v) is 6.88. The summed E-state index contributed by atoms with van der Waals surface area (Å²) in [6, 6.07) is 7.77. The van der Waals surface area contributed by atoms with Crippen LogP contribution in [-0.4, -0.2) is 16.6 Å². The highest BCUT2D eigenvalue weighted by molar-refractivity contribution is 14.1. The molecule has 0 unspecified atom stereocenters. The number of ether oxygens (including phenoxy) is 1. The number of nitrogens with zero attached hydrogens (tertiary/aromatic N) is 2. The molecule has 2 aromatic rings. The van der Waals surface area contributed by atoms with Gasteiger partial charge in [0.05, 0.1) is 15.9 Å². The molecule has 2 N–H and O–H groups in total. The maximum absolute atomic E-state index is 6.06. The Hall–Kier alpha value is -1.37. The van der Waals surface area contributed by atoms with Gasteiger partial charge in [-0.3, -0.25) is 0 Å². The van der Waals surface area contributed by atoms with Crippen LogP contribution in [0.15, 0.2) is 24.3 Å². The van der Waals surface area contributed by atoms with E-state index in [9.17, 15) is 0 Å². The summed E-state index contributed by atoms with van der Waals surface area (Å²) in [5.41, 5.74) is 7.86. The average molecular weight is 397 g/mol. The monoisotopic (exact) mass is 397 g/mol. The molecule has 112 valence electrons. The van der Waals surface area contributed by atoms with E-state index in [4.69, 9.17) is 15.5 Å². The lowest BCUT2D eigenvalue weighted by atomic mass is 9.92. The van der Waals surface area contributed by atoms with E-state index in [1.54, 1.807) is 0 Å². The molecule has 0 radical (unpaired) electrons. The first kappa shape index (κ1) is 16.0. The lowest BCUT2D eigenvalue weighted by Crippen LogP contribution is -2.18. The molecule has 0 fully saturated rings. The van der Waals surface area contributed by atoms with Crippen LogP contribution in [0.4, 0.5) is 5.82 Å². The Bertz CT molecular complexity index is 650. The summed E-state index contributed by atoms with van der Waals surface area (Å²) < 4.78 is 6.45. The highest BCUT2D eigenvalue weighted by Crippen LogP contribution is 2.31. The van der Waals surface area contributed by atoms with Gasteiger partial charge in [-0.05, 0) is 41.6 Å².